The van der Waals surface area contributed by atoms with Crippen molar-refractivity contribution in [3.05, 3.63) is 59.7 Å². The van der Waals surface area contributed by atoms with Crippen LogP contribution in [0.25, 0.3) is 0 Å². The van der Waals surface area contributed by atoms with E-state index in [9.17, 15) is 9.59 Å². The van der Waals surface area contributed by atoms with Crippen LogP contribution >= 0.6 is 0 Å². The van der Waals surface area contributed by atoms with Crippen molar-refractivity contribution >= 4 is 17.6 Å². The highest BCUT2D eigenvalue weighted by molar-refractivity contribution is 5.90. The molecule has 5 heteroatoms. The first kappa shape index (κ1) is 17.5. The van der Waals surface area contributed by atoms with Crippen LogP contribution in [-0.2, 0) is 27.4 Å². The molecule has 1 amide bonds. The first-order valence-electron chi connectivity index (χ1n) is 7.81. The summed E-state index contributed by atoms with van der Waals surface area (Å²) in [4.78, 5) is 23.1. The minimum absolute atomic E-state index is 0.0996. The number of esters is 1. The molecule has 0 radical (unpaired) electrons. The van der Waals surface area contributed by atoms with Crippen LogP contribution in [0.4, 0.5) is 5.69 Å². The summed E-state index contributed by atoms with van der Waals surface area (Å²) in [6, 6.07) is 15.1. The van der Waals surface area contributed by atoms with Crippen molar-refractivity contribution in [2.45, 2.75) is 26.9 Å². The minimum Gasteiger partial charge on any atom is -0.489 e. The van der Waals surface area contributed by atoms with E-state index in [0.717, 1.165) is 5.56 Å². The van der Waals surface area contributed by atoms with Gasteiger partial charge in [0.15, 0.2) is 0 Å². The number of hydrogen-bond donors (Lipinski definition) is 1. The Hall–Kier alpha value is -2.82. The van der Waals surface area contributed by atoms with Crippen molar-refractivity contribution in [2.24, 2.45) is 0 Å². The fourth-order valence-electron chi connectivity index (χ4n) is 2.21. The number of ether oxygens (including phenoxy) is 2. The summed E-state index contributed by atoms with van der Waals surface area (Å²) in [7, 11) is 0. The molecular formula is C19H21NO4. The van der Waals surface area contributed by atoms with Crippen molar-refractivity contribution in [2.75, 3.05) is 11.9 Å². The molecule has 0 aliphatic heterocycles. The number of anilines is 1. The molecule has 0 saturated heterocycles. The van der Waals surface area contributed by atoms with Crippen LogP contribution < -0.4 is 10.1 Å². The summed E-state index contributed by atoms with van der Waals surface area (Å²) in [5.74, 6) is 0.0811. The zero-order valence-corrected chi connectivity index (χ0v) is 13.9. The quantitative estimate of drug-likeness (QED) is 0.792. The molecule has 0 bridgehead atoms. The van der Waals surface area contributed by atoms with Crippen LogP contribution in [-0.4, -0.2) is 18.5 Å². The van der Waals surface area contributed by atoms with Crippen molar-refractivity contribution in [3.8, 4) is 5.75 Å². The second kappa shape index (κ2) is 8.72. The maximum absolute atomic E-state index is 11.7. The average Bonchev–Trinajstić information content (AvgIpc) is 2.56. The van der Waals surface area contributed by atoms with Crippen molar-refractivity contribution < 1.29 is 19.1 Å². The van der Waals surface area contributed by atoms with Gasteiger partial charge in [-0.3, -0.25) is 9.59 Å². The molecular weight excluding hydrogens is 306 g/mol. The van der Waals surface area contributed by atoms with Gasteiger partial charge in [-0.1, -0.05) is 36.4 Å². The molecule has 0 unspecified atom stereocenters. The van der Waals surface area contributed by atoms with Crippen molar-refractivity contribution in [1.82, 2.24) is 0 Å². The van der Waals surface area contributed by atoms with Gasteiger partial charge in [0.25, 0.3) is 0 Å². The van der Waals surface area contributed by atoms with Gasteiger partial charge < -0.3 is 14.8 Å². The Morgan fingerprint density at radius 3 is 2.50 bits per heavy atom. The lowest BCUT2D eigenvalue weighted by atomic mass is 10.1. The minimum atomic E-state index is -0.331. The van der Waals surface area contributed by atoms with Gasteiger partial charge in [-0.25, -0.2) is 0 Å². The maximum Gasteiger partial charge on any atom is 0.310 e. The molecule has 0 atom stereocenters. The number of nitrogens with one attached hydrogen (secondary N) is 1. The fraction of sp³-hybridized carbons (Fsp3) is 0.263. The lowest BCUT2D eigenvalue weighted by Gasteiger charge is -2.13. The van der Waals surface area contributed by atoms with Gasteiger partial charge in [0.2, 0.25) is 5.91 Å². The molecule has 2 rings (SSSR count). The van der Waals surface area contributed by atoms with Crippen LogP contribution in [0, 0.1) is 0 Å². The van der Waals surface area contributed by atoms with Crippen LogP contribution in [0.2, 0.25) is 0 Å². The first-order valence-corrected chi connectivity index (χ1v) is 7.81. The predicted molar refractivity (Wildman–Crippen MR) is 91.9 cm³/mol. The predicted octanol–water partition coefficient (Wildman–Crippen LogP) is 3.33. The summed E-state index contributed by atoms with van der Waals surface area (Å²) >= 11 is 0. The summed E-state index contributed by atoms with van der Waals surface area (Å²) in [5.41, 5.74) is 2.30. The molecule has 5 nitrogen and oxygen atoms in total. The van der Waals surface area contributed by atoms with E-state index in [2.05, 4.69) is 5.32 Å². The van der Waals surface area contributed by atoms with E-state index in [1.54, 1.807) is 25.1 Å². The lowest BCUT2D eigenvalue weighted by molar-refractivity contribution is -0.142. The Balaban J connectivity index is 2.12. The molecule has 0 aliphatic rings. The standard InChI is InChI=1S/C19H21NO4/c1-3-23-19(22)11-16-9-10-17(12-18(16)20-14(2)21)24-13-15-7-5-4-6-8-15/h4-10,12H,3,11,13H2,1-2H3,(H,20,21). The Morgan fingerprint density at radius 1 is 1.08 bits per heavy atom. The summed E-state index contributed by atoms with van der Waals surface area (Å²) < 4.78 is 10.7. The molecule has 126 valence electrons. The van der Waals surface area contributed by atoms with E-state index in [4.69, 9.17) is 9.47 Å². The van der Waals surface area contributed by atoms with Crippen LogP contribution in [0.5, 0.6) is 5.75 Å². The molecule has 1 N–H and O–H groups in total. The third-order valence-corrected chi connectivity index (χ3v) is 3.28. The van der Waals surface area contributed by atoms with Crippen LogP contribution in [0.15, 0.2) is 48.5 Å². The summed E-state index contributed by atoms with van der Waals surface area (Å²) in [5, 5.41) is 2.73. The Kier molecular flexibility index (Phi) is 6.37. The third-order valence-electron chi connectivity index (χ3n) is 3.28. The lowest BCUT2D eigenvalue weighted by Crippen LogP contribution is -2.12. The van der Waals surface area contributed by atoms with Gasteiger partial charge in [0, 0.05) is 18.7 Å². The van der Waals surface area contributed by atoms with Crippen molar-refractivity contribution in [3.63, 3.8) is 0 Å². The van der Waals surface area contributed by atoms with Gasteiger partial charge in [0.05, 0.1) is 13.0 Å². The summed E-state index contributed by atoms with van der Waals surface area (Å²) in [6.07, 6.45) is 0.0996. The zero-order chi connectivity index (χ0) is 17.4. The largest absolute Gasteiger partial charge is 0.489 e. The number of amides is 1. The van der Waals surface area contributed by atoms with Gasteiger partial charge in [-0.05, 0) is 24.1 Å². The van der Waals surface area contributed by atoms with E-state index in [0.29, 0.717) is 30.2 Å². The molecule has 0 saturated carbocycles. The monoisotopic (exact) mass is 327 g/mol. The topological polar surface area (TPSA) is 64.6 Å². The molecule has 0 aromatic heterocycles. The number of rotatable bonds is 7. The molecule has 24 heavy (non-hydrogen) atoms. The highest BCUT2D eigenvalue weighted by Gasteiger charge is 2.11. The van der Waals surface area contributed by atoms with Crippen LogP contribution in [0.1, 0.15) is 25.0 Å². The van der Waals surface area contributed by atoms with E-state index < -0.39 is 0 Å². The zero-order valence-electron chi connectivity index (χ0n) is 13.9. The van der Waals surface area contributed by atoms with E-state index in [1.165, 1.54) is 6.92 Å². The molecule has 0 fully saturated rings. The molecule has 2 aromatic carbocycles. The van der Waals surface area contributed by atoms with E-state index in [-0.39, 0.29) is 18.3 Å². The molecule has 2 aromatic rings. The smallest absolute Gasteiger partial charge is 0.310 e. The summed E-state index contributed by atoms with van der Waals surface area (Å²) in [6.45, 7) is 3.93. The first-order chi connectivity index (χ1) is 11.6. The van der Waals surface area contributed by atoms with E-state index in [1.807, 2.05) is 30.3 Å². The van der Waals surface area contributed by atoms with Crippen LogP contribution in [0.3, 0.4) is 0 Å². The molecule has 0 spiro atoms. The Bertz CT molecular complexity index is 698. The molecule has 0 heterocycles. The number of benzene rings is 2. The van der Waals surface area contributed by atoms with Gasteiger partial charge in [-0.15, -0.1) is 0 Å². The van der Waals surface area contributed by atoms with E-state index >= 15 is 0 Å². The highest BCUT2D eigenvalue weighted by Crippen LogP contribution is 2.24. The average molecular weight is 327 g/mol. The normalized spacial score (nSPS) is 10.1. The maximum atomic E-state index is 11.7. The SMILES string of the molecule is CCOC(=O)Cc1ccc(OCc2ccccc2)cc1NC(C)=O. The Morgan fingerprint density at radius 2 is 1.83 bits per heavy atom. The second-order valence-corrected chi connectivity index (χ2v) is 5.26. The Labute approximate surface area is 141 Å². The second-order valence-electron chi connectivity index (χ2n) is 5.26. The fourth-order valence-corrected chi connectivity index (χ4v) is 2.21. The van der Waals surface area contributed by atoms with Crippen molar-refractivity contribution in [1.29, 1.82) is 0 Å². The molecule has 0 aliphatic carbocycles. The number of carbonyl (C=O) groups is 2. The number of carbonyl (C=O) groups excluding carboxylic acids is 2. The van der Waals surface area contributed by atoms with Gasteiger partial charge in [0.1, 0.15) is 12.4 Å². The van der Waals surface area contributed by atoms with Gasteiger partial charge >= 0.3 is 5.97 Å². The van der Waals surface area contributed by atoms with Gasteiger partial charge in [-0.2, -0.15) is 0 Å². The number of hydrogen-bond acceptors (Lipinski definition) is 4. The highest BCUT2D eigenvalue weighted by atomic mass is 16.5. The third kappa shape index (κ3) is 5.43.